The summed E-state index contributed by atoms with van der Waals surface area (Å²) in [4.78, 5) is 9.93. The zero-order chi connectivity index (χ0) is 17.2. The number of halogens is 1. The van der Waals surface area contributed by atoms with Gasteiger partial charge in [-0.05, 0) is 42.5 Å². The van der Waals surface area contributed by atoms with Gasteiger partial charge in [0.1, 0.15) is 5.65 Å². The summed E-state index contributed by atoms with van der Waals surface area (Å²) in [5, 5.41) is 11.2. The minimum Gasteiger partial charge on any atom is -0.338 e. The van der Waals surface area contributed by atoms with Gasteiger partial charge in [0.25, 0.3) is 0 Å². The van der Waals surface area contributed by atoms with Crippen LogP contribution in [-0.4, -0.2) is 9.97 Å². The van der Waals surface area contributed by atoms with Gasteiger partial charge in [0.2, 0.25) is 0 Å². The van der Waals surface area contributed by atoms with Crippen LogP contribution in [-0.2, 0) is 0 Å². The number of aromatic nitrogens is 2. The molecular formula is C20H12ClN3S. The summed E-state index contributed by atoms with van der Waals surface area (Å²) in [6, 6.07) is 21.5. The molecule has 4 rings (SSSR count). The Morgan fingerprint density at radius 3 is 2.60 bits per heavy atom. The van der Waals surface area contributed by atoms with Gasteiger partial charge in [-0.1, -0.05) is 41.6 Å². The van der Waals surface area contributed by atoms with Crippen LogP contribution in [0.5, 0.6) is 0 Å². The molecule has 0 aliphatic carbocycles. The monoisotopic (exact) mass is 361 g/mol. The normalized spacial score (nSPS) is 10.7. The molecule has 0 aliphatic heterocycles. The van der Waals surface area contributed by atoms with Crippen LogP contribution in [0.25, 0.3) is 22.3 Å². The molecule has 0 amide bonds. The maximum absolute atomic E-state index is 9.46. The molecular weight excluding hydrogens is 350 g/mol. The number of pyridine rings is 1. The molecule has 0 saturated carbocycles. The van der Waals surface area contributed by atoms with Crippen molar-refractivity contribution in [3.05, 3.63) is 77.4 Å². The van der Waals surface area contributed by atoms with Gasteiger partial charge in [0.15, 0.2) is 0 Å². The van der Waals surface area contributed by atoms with Crippen LogP contribution in [0.2, 0.25) is 5.02 Å². The number of nitrogens with one attached hydrogen (secondary N) is 1. The van der Waals surface area contributed by atoms with Crippen molar-refractivity contribution in [2.45, 2.75) is 9.79 Å². The summed E-state index contributed by atoms with van der Waals surface area (Å²) in [6.07, 6.45) is 1.76. The molecule has 0 bridgehead atoms. The molecule has 120 valence electrons. The van der Waals surface area contributed by atoms with Crippen molar-refractivity contribution < 1.29 is 0 Å². The third-order valence-electron chi connectivity index (χ3n) is 3.87. The Morgan fingerprint density at radius 2 is 1.80 bits per heavy atom. The first kappa shape index (κ1) is 15.8. The number of nitriles is 1. The van der Waals surface area contributed by atoms with Crippen LogP contribution in [0, 0.1) is 11.3 Å². The smallest absolute Gasteiger partial charge is 0.138 e. The van der Waals surface area contributed by atoms with E-state index in [0.717, 1.165) is 32.1 Å². The lowest BCUT2D eigenvalue weighted by Crippen LogP contribution is -1.86. The molecule has 2 aromatic carbocycles. The van der Waals surface area contributed by atoms with E-state index < -0.39 is 0 Å². The fraction of sp³-hybridized carbons (Fsp3) is 0. The van der Waals surface area contributed by atoms with Crippen LogP contribution in [0.4, 0.5) is 0 Å². The molecule has 25 heavy (non-hydrogen) atoms. The van der Waals surface area contributed by atoms with Crippen LogP contribution in [0.1, 0.15) is 5.56 Å². The third-order valence-corrected chi connectivity index (χ3v) is 5.26. The molecule has 1 N–H and O–H groups in total. The van der Waals surface area contributed by atoms with Crippen molar-refractivity contribution in [3.8, 4) is 17.3 Å². The van der Waals surface area contributed by atoms with Crippen molar-refractivity contribution in [1.29, 1.82) is 5.26 Å². The fourth-order valence-corrected chi connectivity index (χ4v) is 3.88. The van der Waals surface area contributed by atoms with Crippen LogP contribution in [0.3, 0.4) is 0 Å². The van der Waals surface area contributed by atoms with Crippen molar-refractivity contribution in [2.24, 2.45) is 0 Å². The highest BCUT2D eigenvalue weighted by atomic mass is 35.5. The number of fused-ring (bicyclic) bond motifs is 1. The predicted octanol–water partition coefficient (Wildman–Crippen LogP) is 5.91. The lowest BCUT2D eigenvalue weighted by Gasteiger charge is -2.07. The molecule has 0 spiro atoms. The minimum atomic E-state index is 0.631. The second kappa shape index (κ2) is 6.64. The molecule has 5 heteroatoms. The van der Waals surface area contributed by atoms with Crippen LogP contribution in [0.15, 0.2) is 76.7 Å². The molecule has 3 nitrogen and oxygen atoms in total. The van der Waals surface area contributed by atoms with E-state index in [1.54, 1.807) is 18.0 Å². The average Bonchev–Trinajstić information content (AvgIpc) is 3.02. The van der Waals surface area contributed by atoms with Gasteiger partial charge < -0.3 is 4.98 Å². The first-order valence-electron chi connectivity index (χ1n) is 7.66. The van der Waals surface area contributed by atoms with Crippen molar-refractivity contribution in [1.82, 2.24) is 9.97 Å². The molecule has 0 saturated heterocycles. The van der Waals surface area contributed by atoms with Gasteiger partial charge in [-0.2, -0.15) is 5.26 Å². The highest BCUT2D eigenvalue weighted by molar-refractivity contribution is 7.99. The van der Waals surface area contributed by atoms with Crippen molar-refractivity contribution in [3.63, 3.8) is 0 Å². The predicted molar refractivity (Wildman–Crippen MR) is 102 cm³/mol. The average molecular weight is 362 g/mol. The number of hydrogen-bond acceptors (Lipinski definition) is 3. The topological polar surface area (TPSA) is 52.5 Å². The second-order valence-electron chi connectivity index (χ2n) is 5.44. The summed E-state index contributed by atoms with van der Waals surface area (Å²) in [7, 11) is 0. The Kier molecular flexibility index (Phi) is 4.19. The van der Waals surface area contributed by atoms with Crippen molar-refractivity contribution in [2.75, 3.05) is 0 Å². The zero-order valence-electron chi connectivity index (χ0n) is 13.0. The first-order valence-corrected chi connectivity index (χ1v) is 8.85. The Balaban J connectivity index is 1.92. The molecule has 0 fully saturated rings. The number of nitrogens with zero attached hydrogens (tertiary/aromatic N) is 2. The van der Waals surface area contributed by atoms with Gasteiger partial charge >= 0.3 is 0 Å². The van der Waals surface area contributed by atoms with E-state index in [1.807, 2.05) is 60.7 Å². The second-order valence-corrected chi connectivity index (χ2v) is 6.96. The molecule has 0 unspecified atom stereocenters. The SMILES string of the molecule is N#Cc1ccccc1-c1[nH]c2ncccc2c1Sc1ccc(Cl)cc1. The minimum absolute atomic E-state index is 0.631. The summed E-state index contributed by atoms with van der Waals surface area (Å²) in [6.45, 7) is 0. The van der Waals surface area contributed by atoms with Gasteiger partial charge in [0.05, 0.1) is 17.3 Å². The Hall–Kier alpha value is -2.74. The highest BCUT2D eigenvalue weighted by Gasteiger charge is 2.17. The van der Waals surface area contributed by atoms with E-state index in [9.17, 15) is 5.26 Å². The molecule has 2 heterocycles. The number of rotatable bonds is 3. The number of H-pyrrole nitrogens is 1. The molecule has 0 atom stereocenters. The van der Waals surface area contributed by atoms with Crippen LogP contribution < -0.4 is 0 Å². The maximum atomic E-state index is 9.46. The van der Waals surface area contributed by atoms with Gasteiger partial charge in [-0.15, -0.1) is 0 Å². The fourth-order valence-electron chi connectivity index (χ4n) is 2.71. The van der Waals surface area contributed by atoms with Gasteiger partial charge in [-0.25, -0.2) is 4.98 Å². The lowest BCUT2D eigenvalue weighted by molar-refractivity contribution is 1.31. The Bertz CT molecular complexity index is 1090. The number of benzene rings is 2. The number of aromatic amines is 1. The van der Waals surface area contributed by atoms with Gasteiger partial charge in [0, 0.05) is 32.0 Å². The zero-order valence-corrected chi connectivity index (χ0v) is 14.6. The molecule has 2 aromatic heterocycles. The summed E-state index contributed by atoms with van der Waals surface area (Å²) in [5.74, 6) is 0. The standard InChI is InChI=1S/C20H12ClN3S/c21-14-7-9-15(10-8-14)25-19-17-6-3-11-23-20(17)24-18(19)16-5-2-1-4-13(16)12-22/h1-11H,(H,23,24). The molecule has 0 radical (unpaired) electrons. The van der Waals surface area contributed by atoms with Crippen molar-refractivity contribution >= 4 is 34.4 Å². The summed E-state index contributed by atoms with van der Waals surface area (Å²) in [5.41, 5.74) is 3.22. The highest BCUT2D eigenvalue weighted by Crippen LogP contribution is 2.41. The Labute approximate surface area is 154 Å². The summed E-state index contributed by atoms with van der Waals surface area (Å²) < 4.78 is 0. The van der Waals surface area contributed by atoms with E-state index in [1.165, 1.54) is 0 Å². The molecule has 0 aliphatic rings. The third kappa shape index (κ3) is 3.00. The largest absolute Gasteiger partial charge is 0.338 e. The lowest BCUT2D eigenvalue weighted by atomic mass is 10.1. The van der Waals surface area contributed by atoms with E-state index in [4.69, 9.17) is 11.6 Å². The maximum Gasteiger partial charge on any atom is 0.138 e. The summed E-state index contributed by atoms with van der Waals surface area (Å²) >= 11 is 7.63. The molecule has 4 aromatic rings. The van der Waals surface area contributed by atoms with Gasteiger partial charge in [-0.3, -0.25) is 0 Å². The van der Waals surface area contributed by atoms with Crippen LogP contribution >= 0.6 is 23.4 Å². The van der Waals surface area contributed by atoms with E-state index in [-0.39, 0.29) is 0 Å². The Morgan fingerprint density at radius 1 is 1.00 bits per heavy atom. The quantitative estimate of drug-likeness (QED) is 0.493. The van der Waals surface area contributed by atoms with E-state index >= 15 is 0 Å². The first-order chi connectivity index (χ1) is 12.3. The number of hydrogen-bond donors (Lipinski definition) is 1. The van der Waals surface area contributed by atoms with E-state index in [0.29, 0.717) is 10.6 Å². The van der Waals surface area contributed by atoms with E-state index in [2.05, 4.69) is 16.0 Å².